The molecule has 0 aliphatic carbocycles. The van der Waals surface area contributed by atoms with Gasteiger partial charge in [-0.2, -0.15) is 5.21 Å². The number of tetrazole rings is 1. The van der Waals surface area contributed by atoms with Crippen LogP contribution in [0.3, 0.4) is 0 Å². The first kappa shape index (κ1) is 23.6. The van der Waals surface area contributed by atoms with Gasteiger partial charge in [0.25, 0.3) is 5.91 Å². The van der Waals surface area contributed by atoms with Gasteiger partial charge in [-0.15, -0.1) is 20.0 Å². The van der Waals surface area contributed by atoms with Gasteiger partial charge >= 0.3 is 5.69 Å². The molecule has 2 aromatic heterocycles. The second kappa shape index (κ2) is 10.7. The van der Waals surface area contributed by atoms with Crippen molar-refractivity contribution in [3.8, 4) is 34.4 Å². The second-order valence-electron chi connectivity index (χ2n) is 8.29. The Morgan fingerprint density at radius 2 is 1.65 bits per heavy atom. The Morgan fingerprint density at radius 3 is 2.35 bits per heavy atom. The predicted molar refractivity (Wildman–Crippen MR) is 139 cm³/mol. The van der Waals surface area contributed by atoms with Crippen LogP contribution in [0.5, 0.6) is 0 Å². The Bertz CT molecular complexity index is 1640. The molecule has 9 nitrogen and oxygen atoms in total. The van der Waals surface area contributed by atoms with Gasteiger partial charge < -0.3 is 0 Å². The molecule has 0 atom stereocenters. The van der Waals surface area contributed by atoms with E-state index in [0.29, 0.717) is 12.2 Å². The summed E-state index contributed by atoms with van der Waals surface area (Å²) in [6.45, 7) is 2.15. The standard InChI is InChI=1S/C28H23N7O2/c1-2-3-13-25-31-35(26(36)18-20-9-5-4-6-10-20)28(37)34(25)19-21-14-16-22(17-15-21)23-11-7-8-12-24(23)27-29-32-33-30-27/h4-12,14-17H,2,18-19H2,1H3,(H,29,30,32,33). The molecule has 2 heterocycles. The highest BCUT2D eigenvalue weighted by Gasteiger charge is 2.18. The van der Waals surface area contributed by atoms with Crippen LogP contribution in [0, 0.1) is 11.8 Å². The lowest BCUT2D eigenvalue weighted by atomic mass is 9.98. The lowest BCUT2D eigenvalue weighted by molar-refractivity contribution is 0.0893. The zero-order valence-electron chi connectivity index (χ0n) is 20.1. The van der Waals surface area contributed by atoms with E-state index in [1.54, 1.807) is 0 Å². The summed E-state index contributed by atoms with van der Waals surface area (Å²) in [5, 5.41) is 18.6. The number of H-pyrrole nitrogens is 1. The molecular formula is C28H23N7O2. The van der Waals surface area contributed by atoms with Gasteiger partial charge in [-0.1, -0.05) is 91.7 Å². The summed E-state index contributed by atoms with van der Waals surface area (Å²) in [7, 11) is 0. The first-order chi connectivity index (χ1) is 18.1. The summed E-state index contributed by atoms with van der Waals surface area (Å²) in [4.78, 5) is 26.1. The SMILES string of the molecule is CCC#Cc1nn(C(=O)Cc2ccccc2)c(=O)n1Cc1ccc(-c2ccccc2-c2nn[nH]n2)cc1. The van der Waals surface area contributed by atoms with Gasteiger partial charge in [-0.25, -0.2) is 4.79 Å². The van der Waals surface area contributed by atoms with Crippen molar-refractivity contribution in [2.75, 3.05) is 0 Å². The van der Waals surface area contributed by atoms with Crippen LogP contribution in [0.15, 0.2) is 83.7 Å². The molecule has 0 saturated heterocycles. The van der Waals surface area contributed by atoms with E-state index in [1.165, 1.54) is 4.57 Å². The molecule has 182 valence electrons. The Morgan fingerprint density at radius 1 is 0.919 bits per heavy atom. The minimum Gasteiger partial charge on any atom is -0.272 e. The molecule has 5 rings (SSSR count). The number of hydrogen-bond acceptors (Lipinski definition) is 6. The zero-order chi connectivity index (χ0) is 25.6. The topological polar surface area (TPSA) is 111 Å². The quantitative estimate of drug-likeness (QED) is 0.365. The smallest absolute Gasteiger partial charge is 0.272 e. The van der Waals surface area contributed by atoms with Crippen molar-refractivity contribution in [1.82, 2.24) is 35.0 Å². The average molecular weight is 490 g/mol. The van der Waals surface area contributed by atoms with Gasteiger partial charge in [0.1, 0.15) is 0 Å². The number of benzene rings is 3. The van der Waals surface area contributed by atoms with E-state index >= 15 is 0 Å². The lowest BCUT2D eigenvalue weighted by Crippen LogP contribution is -2.31. The fourth-order valence-electron chi connectivity index (χ4n) is 3.98. The van der Waals surface area contributed by atoms with E-state index in [2.05, 4.69) is 37.6 Å². The monoisotopic (exact) mass is 489 g/mol. The van der Waals surface area contributed by atoms with Crippen molar-refractivity contribution in [3.63, 3.8) is 0 Å². The molecule has 9 heteroatoms. The van der Waals surface area contributed by atoms with Crippen LogP contribution in [0.1, 0.15) is 35.1 Å². The van der Waals surface area contributed by atoms with Crippen LogP contribution >= 0.6 is 0 Å². The van der Waals surface area contributed by atoms with Crippen molar-refractivity contribution in [2.45, 2.75) is 26.3 Å². The van der Waals surface area contributed by atoms with E-state index in [4.69, 9.17) is 0 Å². The van der Waals surface area contributed by atoms with Crippen LogP contribution in [-0.4, -0.2) is 40.9 Å². The van der Waals surface area contributed by atoms with Gasteiger partial charge in [0.15, 0.2) is 0 Å². The molecular weight excluding hydrogens is 466 g/mol. The van der Waals surface area contributed by atoms with Crippen LogP contribution in [0.25, 0.3) is 22.5 Å². The van der Waals surface area contributed by atoms with Crippen LogP contribution in [-0.2, 0) is 13.0 Å². The summed E-state index contributed by atoms with van der Waals surface area (Å²) in [6.07, 6.45) is 0.681. The highest BCUT2D eigenvalue weighted by atomic mass is 16.2. The highest BCUT2D eigenvalue weighted by Crippen LogP contribution is 2.29. The van der Waals surface area contributed by atoms with E-state index < -0.39 is 11.6 Å². The number of nitrogens with one attached hydrogen (secondary N) is 1. The first-order valence-corrected chi connectivity index (χ1v) is 11.8. The minimum atomic E-state index is -0.507. The van der Waals surface area contributed by atoms with Gasteiger partial charge in [0, 0.05) is 12.0 Å². The minimum absolute atomic E-state index is 0.0763. The van der Waals surface area contributed by atoms with E-state index in [-0.39, 0.29) is 18.8 Å². The van der Waals surface area contributed by atoms with Crippen LogP contribution < -0.4 is 5.69 Å². The molecule has 0 saturated carbocycles. The van der Waals surface area contributed by atoms with Gasteiger partial charge in [0.2, 0.25) is 11.6 Å². The van der Waals surface area contributed by atoms with E-state index in [9.17, 15) is 9.59 Å². The summed E-state index contributed by atoms with van der Waals surface area (Å²) in [6, 6.07) is 24.9. The first-order valence-electron chi connectivity index (χ1n) is 11.8. The summed E-state index contributed by atoms with van der Waals surface area (Å²) in [5.41, 5.74) is 3.96. The van der Waals surface area contributed by atoms with Crippen LogP contribution in [0.4, 0.5) is 0 Å². The zero-order valence-corrected chi connectivity index (χ0v) is 20.1. The van der Waals surface area contributed by atoms with Crippen LogP contribution in [0.2, 0.25) is 0 Å². The van der Waals surface area contributed by atoms with Crippen molar-refractivity contribution in [3.05, 3.63) is 106 Å². The molecule has 3 aromatic carbocycles. The maximum Gasteiger partial charge on any atom is 0.354 e. The lowest BCUT2D eigenvalue weighted by Gasteiger charge is -2.08. The third-order valence-electron chi connectivity index (χ3n) is 5.79. The molecule has 0 amide bonds. The number of carbonyl (C=O) groups is 1. The maximum atomic E-state index is 13.2. The Balaban J connectivity index is 1.44. The third-order valence-corrected chi connectivity index (χ3v) is 5.79. The molecule has 0 spiro atoms. The van der Waals surface area contributed by atoms with Crippen molar-refractivity contribution in [2.24, 2.45) is 0 Å². The molecule has 0 aliphatic heterocycles. The van der Waals surface area contributed by atoms with Crippen molar-refractivity contribution in [1.29, 1.82) is 0 Å². The molecule has 37 heavy (non-hydrogen) atoms. The highest BCUT2D eigenvalue weighted by molar-refractivity contribution is 5.81. The Hall–Kier alpha value is -5.10. The molecule has 0 fully saturated rings. The number of aromatic nitrogens is 7. The fraction of sp³-hybridized carbons (Fsp3) is 0.143. The summed E-state index contributed by atoms with van der Waals surface area (Å²) in [5.74, 6) is 6.26. The normalized spacial score (nSPS) is 10.6. The summed E-state index contributed by atoms with van der Waals surface area (Å²) < 4.78 is 2.36. The number of carbonyl (C=O) groups excluding carboxylic acids is 1. The molecule has 0 unspecified atom stereocenters. The molecule has 0 aliphatic rings. The number of nitrogens with zero attached hydrogens (tertiary/aromatic N) is 6. The van der Waals surface area contributed by atoms with Gasteiger partial charge in [-0.05, 0) is 33.4 Å². The Labute approximate surface area is 212 Å². The Kier molecular flexibility index (Phi) is 6.81. The average Bonchev–Trinajstić information content (AvgIpc) is 3.57. The van der Waals surface area contributed by atoms with E-state index in [1.807, 2.05) is 85.8 Å². The van der Waals surface area contributed by atoms with Crippen molar-refractivity contribution < 1.29 is 4.79 Å². The molecule has 0 radical (unpaired) electrons. The van der Waals surface area contributed by atoms with Gasteiger partial charge in [-0.3, -0.25) is 9.36 Å². The fourth-order valence-corrected chi connectivity index (χ4v) is 3.98. The largest absolute Gasteiger partial charge is 0.354 e. The third kappa shape index (κ3) is 5.13. The molecule has 0 bridgehead atoms. The van der Waals surface area contributed by atoms with Crippen molar-refractivity contribution >= 4 is 5.91 Å². The number of aromatic amines is 1. The molecule has 1 N–H and O–H groups in total. The molecule has 5 aromatic rings. The predicted octanol–water partition coefficient (Wildman–Crippen LogP) is 3.58. The summed E-state index contributed by atoms with van der Waals surface area (Å²) >= 11 is 0. The van der Waals surface area contributed by atoms with E-state index in [0.717, 1.165) is 32.5 Å². The maximum absolute atomic E-state index is 13.2. The number of rotatable bonds is 6. The number of hydrogen-bond donors (Lipinski definition) is 1. The second-order valence-corrected chi connectivity index (χ2v) is 8.29. The van der Waals surface area contributed by atoms with Gasteiger partial charge in [0.05, 0.1) is 13.0 Å².